The number of para-hydroxylation sites is 1. The monoisotopic (exact) mass is 316 g/mol. The van der Waals surface area contributed by atoms with Crippen LogP contribution in [0.2, 0.25) is 0 Å². The van der Waals surface area contributed by atoms with Gasteiger partial charge in [-0.3, -0.25) is 0 Å². The number of methoxy groups -OCH3 is 1. The summed E-state index contributed by atoms with van der Waals surface area (Å²) < 4.78 is 5.01. The molecule has 0 amide bonds. The summed E-state index contributed by atoms with van der Waals surface area (Å²) in [7, 11) is 3.64. The van der Waals surface area contributed by atoms with Crippen LogP contribution >= 0.6 is 12.2 Å². The minimum absolute atomic E-state index is 0.577. The van der Waals surface area contributed by atoms with Crippen LogP contribution in [0.25, 0.3) is 0 Å². The molecule has 0 radical (unpaired) electrons. The van der Waals surface area contributed by atoms with E-state index in [2.05, 4.69) is 39.7 Å². The van der Waals surface area contributed by atoms with Gasteiger partial charge in [0.25, 0.3) is 0 Å². The maximum Gasteiger partial charge on any atom is 0.213 e. The van der Waals surface area contributed by atoms with E-state index in [0.29, 0.717) is 11.0 Å². The molecule has 0 spiro atoms. The Hall–Kier alpha value is -2.34. The molecule has 0 aliphatic heterocycles. The maximum atomic E-state index is 5.27. The second-order valence-corrected chi connectivity index (χ2v) is 5.14. The summed E-state index contributed by atoms with van der Waals surface area (Å²) in [5.74, 6) is 0.578. The molecule has 1 aromatic carbocycles. The summed E-state index contributed by atoms with van der Waals surface area (Å²) in [6, 6.07) is 13.9. The molecule has 5 nitrogen and oxygen atoms in total. The number of nitrogens with one attached hydrogen (secondary N) is 2. The number of rotatable bonds is 6. The topological polar surface area (TPSA) is 49.4 Å². The Morgan fingerprint density at radius 1 is 1.23 bits per heavy atom. The van der Waals surface area contributed by atoms with Crippen LogP contribution in [0, 0.1) is 0 Å². The molecule has 0 unspecified atom stereocenters. The Bertz CT molecular complexity index is 589. The summed E-state index contributed by atoms with van der Waals surface area (Å²) in [5.41, 5.74) is 2.01. The van der Waals surface area contributed by atoms with Crippen molar-refractivity contribution in [2.24, 2.45) is 0 Å². The molecule has 1 heterocycles. The first-order valence-electron chi connectivity index (χ1n) is 7.00. The van der Waals surface area contributed by atoms with E-state index in [4.69, 9.17) is 17.0 Å². The normalized spacial score (nSPS) is 9.91. The predicted molar refractivity (Wildman–Crippen MR) is 94.7 cm³/mol. The van der Waals surface area contributed by atoms with Crippen LogP contribution in [0.5, 0.6) is 5.88 Å². The van der Waals surface area contributed by atoms with Crippen LogP contribution < -0.4 is 20.3 Å². The van der Waals surface area contributed by atoms with Gasteiger partial charge in [0.2, 0.25) is 5.88 Å². The molecule has 0 bridgehead atoms. The number of nitrogens with zero attached hydrogens (tertiary/aromatic N) is 2. The minimum atomic E-state index is 0.577. The van der Waals surface area contributed by atoms with Gasteiger partial charge in [0.1, 0.15) is 0 Å². The van der Waals surface area contributed by atoms with E-state index in [9.17, 15) is 0 Å². The van der Waals surface area contributed by atoms with Crippen molar-refractivity contribution in [3.05, 3.63) is 48.7 Å². The Balaban J connectivity index is 1.73. The van der Waals surface area contributed by atoms with E-state index in [-0.39, 0.29) is 0 Å². The molecule has 22 heavy (non-hydrogen) atoms. The van der Waals surface area contributed by atoms with E-state index in [0.717, 1.165) is 18.8 Å². The van der Waals surface area contributed by atoms with Crippen molar-refractivity contribution in [2.45, 2.75) is 0 Å². The van der Waals surface area contributed by atoms with Gasteiger partial charge >= 0.3 is 0 Å². The summed E-state index contributed by atoms with van der Waals surface area (Å²) in [5, 5.41) is 6.85. The van der Waals surface area contributed by atoms with Crippen molar-refractivity contribution in [3.63, 3.8) is 0 Å². The van der Waals surface area contributed by atoms with Gasteiger partial charge in [0.15, 0.2) is 5.11 Å². The molecule has 2 rings (SSSR count). The van der Waals surface area contributed by atoms with Gasteiger partial charge in [-0.1, -0.05) is 18.2 Å². The Kier molecular flexibility index (Phi) is 5.97. The number of aromatic nitrogens is 1. The number of benzene rings is 1. The maximum absolute atomic E-state index is 5.27. The van der Waals surface area contributed by atoms with Crippen molar-refractivity contribution >= 4 is 28.7 Å². The van der Waals surface area contributed by atoms with Gasteiger partial charge in [-0.25, -0.2) is 4.98 Å². The molecule has 0 fully saturated rings. The summed E-state index contributed by atoms with van der Waals surface area (Å²) >= 11 is 5.27. The zero-order valence-corrected chi connectivity index (χ0v) is 13.6. The highest BCUT2D eigenvalue weighted by atomic mass is 32.1. The molecule has 0 saturated carbocycles. The van der Waals surface area contributed by atoms with Crippen molar-refractivity contribution in [3.8, 4) is 5.88 Å². The largest absolute Gasteiger partial charge is 0.481 e. The van der Waals surface area contributed by atoms with Crippen molar-refractivity contribution < 1.29 is 4.74 Å². The van der Waals surface area contributed by atoms with Crippen molar-refractivity contribution in [1.29, 1.82) is 0 Å². The number of ether oxygens (including phenoxy) is 1. The second kappa shape index (κ2) is 8.19. The number of pyridine rings is 1. The van der Waals surface area contributed by atoms with Gasteiger partial charge in [-0.05, 0) is 30.4 Å². The van der Waals surface area contributed by atoms with Crippen molar-refractivity contribution in [2.75, 3.05) is 37.5 Å². The lowest BCUT2D eigenvalue weighted by atomic mass is 10.3. The molecule has 116 valence electrons. The van der Waals surface area contributed by atoms with E-state index in [1.54, 1.807) is 19.4 Å². The lowest BCUT2D eigenvalue weighted by molar-refractivity contribution is 0.398. The van der Waals surface area contributed by atoms with Crippen LogP contribution in [-0.4, -0.2) is 37.3 Å². The van der Waals surface area contributed by atoms with E-state index < -0.39 is 0 Å². The number of thiocarbonyl (C=S) groups is 1. The van der Waals surface area contributed by atoms with Crippen LogP contribution in [0.4, 0.5) is 11.4 Å². The first-order chi connectivity index (χ1) is 10.7. The highest BCUT2D eigenvalue weighted by Gasteiger charge is 2.01. The smallest absolute Gasteiger partial charge is 0.213 e. The third kappa shape index (κ3) is 4.89. The lowest BCUT2D eigenvalue weighted by Gasteiger charge is -2.20. The molecule has 2 N–H and O–H groups in total. The Labute approximate surface area is 136 Å². The molecule has 2 aromatic rings. The average Bonchev–Trinajstić information content (AvgIpc) is 2.56. The highest BCUT2D eigenvalue weighted by molar-refractivity contribution is 7.80. The molecule has 1 aromatic heterocycles. The lowest BCUT2D eigenvalue weighted by Crippen LogP contribution is -2.35. The standard InChI is InChI=1S/C16H20N4OS/c1-20(14-6-4-3-5-7-14)11-10-17-16(22)19-13-8-9-15(21-2)18-12-13/h3-9,12H,10-11H2,1-2H3,(H2,17,19,22). The second-order valence-electron chi connectivity index (χ2n) is 4.73. The quantitative estimate of drug-likeness (QED) is 0.799. The Morgan fingerprint density at radius 3 is 2.64 bits per heavy atom. The van der Waals surface area contributed by atoms with Gasteiger partial charge < -0.3 is 20.3 Å². The third-order valence-electron chi connectivity index (χ3n) is 3.13. The predicted octanol–water partition coefficient (Wildman–Crippen LogP) is 2.51. The van der Waals surface area contributed by atoms with Crippen molar-refractivity contribution in [1.82, 2.24) is 10.3 Å². The number of likely N-dealkylation sites (N-methyl/N-ethyl adjacent to an activating group) is 1. The third-order valence-corrected chi connectivity index (χ3v) is 3.38. The molecule has 6 heteroatoms. The fourth-order valence-electron chi connectivity index (χ4n) is 1.90. The van der Waals surface area contributed by atoms with E-state index in [1.807, 2.05) is 24.3 Å². The van der Waals surface area contributed by atoms with Gasteiger partial charge in [0, 0.05) is 31.9 Å². The number of hydrogen-bond acceptors (Lipinski definition) is 4. The van der Waals surface area contributed by atoms with E-state index >= 15 is 0 Å². The Morgan fingerprint density at radius 2 is 2.00 bits per heavy atom. The van der Waals surface area contributed by atoms with Crippen LogP contribution in [0.15, 0.2) is 48.7 Å². The fraction of sp³-hybridized carbons (Fsp3) is 0.250. The van der Waals surface area contributed by atoms with Crippen LogP contribution in [-0.2, 0) is 0 Å². The summed E-state index contributed by atoms with van der Waals surface area (Å²) in [4.78, 5) is 6.29. The average molecular weight is 316 g/mol. The van der Waals surface area contributed by atoms with Gasteiger partial charge in [-0.2, -0.15) is 0 Å². The zero-order chi connectivity index (χ0) is 15.8. The number of anilines is 2. The molecular weight excluding hydrogens is 296 g/mol. The zero-order valence-electron chi connectivity index (χ0n) is 12.7. The van der Waals surface area contributed by atoms with E-state index in [1.165, 1.54) is 5.69 Å². The molecule has 0 saturated heterocycles. The molecule has 0 atom stereocenters. The molecule has 0 aliphatic rings. The van der Waals surface area contributed by atoms with Gasteiger partial charge in [0.05, 0.1) is 19.0 Å². The summed E-state index contributed by atoms with van der Waals surface area (Å²) in [6.07, 6.45) is 1.68. The first kappa shape index (κ1) is 16.0. The highest BCUT2D eigenvalue weighted by Crippen LogP contribution is 2.11. The number of hydrogen-bond donors (Lipinski definition) is 2. The van der Waals surface area contributed by atoms with Gasteiger partial charge in [-0.15, -0.1) is 0 Å². The summed E-state index contributed by atoms with van der Waals surface area (Å²) in [6.45, 7) is 1.60. The van der Waals surface area contributed by atoms with Crippen LogP contribution in [0.3, 0.4) is 0 Å². The molecular formula is C16H20N4OS. The van der Waals surface area contributed by atoms with Crippen LogP contribution in [0.1, 0.15) is 0 Å². The fourth-order valence-corrected chi connectivity index (χ4v) is 2.12. The first-order valence-corrected chi connectivity index (χ1v) is 7.41. The molecule has 0 aliphatic carbocycles. The SMILES string of the molecule is COc1ccc(NC(=S)NCCN(C)c2ccccc2)cn1. The minimum Gasteiger partial charge on any atom is -0.481 e.